The zero-order chi connectivity index (χ0) is 18.0. The minimum Gasteiger partial charge on any atom is -0.493 e. The summed E-state index contributed by atoms with van der Waals surface area (Å²) >= 11 is 0. The number of ether oxygens (including phenoxy) is 2. The molecule has 3 N–H and O–H groups in total. The maximum Gasteiger partial charge on any atom is 0.225 e. The van der Waals surface area contributed by atoms with E-state index in [1.165, 1.54) is 0 Å². The van der Waals surface area contributed by atoms with Gasteiger partial charge in [-0.15, -0.1) is 0 Å². The number of hydrogen-bond acceptors (Lipinski definition) is 7. The summed E-state index contributed by atoms with van der Waals surface area (Å²) < 4.78 is 10.6. The fraction of sp³-hybridized carbons (Fsp3) is 0.471. The summed E-state index contributed by atoms with van der Waals surface area (Å²) in [5.41, 5.74) is 6.74. The molecule has 1 fully saturated rings. The second-order valence-corrected chi connectivity index (χ2v) is 6.04. The number of nitrogens with two attached hydrogens (primary N) is 1. The van der Waals surface area contributed by atoms with Crippen molar-refractivity contribution in [1.82, 2.24) is 14.9 Å². The Bertz CT molecular complexity index is 795. The molecule has 1 aromatic heterocycles. The number of likely N-dealkylation sites (tertiary alicyclic amines) is 1. The van der Waals surface area contributed by atoms with Gasteiger partial charge in [-0.05, 0) is 12.5 Å². The second kappa shape index (κ2) is 7.00. The molecule has 0 spiro atoms. The summed E-state index contributed by atoms with van der Waals surface area (Å²) in [6, 6.07) is 3.51. The van der Waals surface area contributed by atoms with Gasteiger partial charge in [0.05, 0.1) is 25.8 Å². The lowest BCUT2D eigenvalue weighted by Gasteiger charge is -2.16. The lowest BCUT2D eigenvalue weighted by atomic mass is 10.2. The number of rotatable bonds is 6. The predicted molar refractivity (Wildman–Crippen MR) is 96.0 cm³/mol. The van der Waals surface area contributed by atoms with Crippen LogP contribution in [-0.4, -0.2) is 54.1 Å². The summed E-state index contributed by atoms with van der Waals surface area (Å²) in [4.78, 5) is 22.7. The van der Waals surface area contributed by atoms with Crippen LogP contribution in [0.1, 0.15) is 19.8 Å². The van der Waals surface area contributed by atoms with Crippen LogP contribution in [0, 0.1) is 0 Å². The SMILES string of the molecule is CCCN1CC(Nc2nc(N)c3cc(OC)c(OC)cc3n2)CC1=O. The summed E-state index contributed by atoms with van der Waals surface area (Å²) in [5.74, 6) is 2.06. The molecule has 1 aliphatic heterocycles. The van der Waals surface area contributed by atoms with Crippen molar-refractivity contribution < 1.29 is 14.3 Å². The third-order valence-electron chi connectivity index (χ3n) is 4.27. The Morgan fingerprint density at radius 2 is 2.00 bits per heavy atom. The first kappa shape index (κ1) is 17.1. The summed E-state index contributed by atoms with van der Waals surface area (Å²) in [6.07, 6.45) is 1.38. The van der Waals surface area contributed by atoms with Crippen LogP contribution in [0.25, 0.3) is 10.9 Å². The number of amides is 1. The number of aromatic nitrogens is 2. The zero-order valence-corrected chi connectivity index (χ0v) is 14.7. The molecule has 1 aromatic carbocycles. The molecule has 2 aromatic rings. The Labute approximate surface area is 146 Å². The van der Waals surface area contributed by atoms with Crippen molar-refractivity contribution in [2.24, 2.45) is 0 Å². The van der Waals surface area contributed by atoms with E-state index >= 15 is 0 Å². The molecular weight excluding hydrogens is 322 g/mol. The topological polar surface area (TPSA) is 103 Å². The molecule has 8 nitrogen and oxygen atoms in total. The minimum absolute atomic E-state index is 0.0176. The van der Waals surface area contributed by atoms with E-state index in [0.717, 1.165) is 13.0 Å². The van der Waals surface area contributed by atoms with Gasteiger partial charge in [0.15, 0.2) is 11.5 Å². The van der Waals surface area contributed by atoms with Gasteiger partial charge in [-0.1, -0.05) is 6.92 Å². The smallest absolute Gasteiger partial charge is 0.225 e. The number of nitrogen functional groups attached to an aromatic ring is 1. The van der Waals surface area contributed by atoms with Gasteiger partial charge < -0.3 is 25.4 Å². The first-order valence-electron chi connectivity index (χ1n) is 8.29. The predicted octanol–water partition coefficient (Wildman–Crippen LogP) is 1.65. The van der Waals surface area contributed by atoms with E-state index < -0.39 is 0 Å². The van der Waals surface area contributed by atoms with Crippen molar-refractivity contribution in [3.63, 3.8) is 0 Å². The van der Waals surface area contributed by atoms with E-state index in [0.29, 0.717) is 47.1 Å². The third-order valence-corrected chi connectivity index (χ3v) is 4.27. The fourth-order valence-electron chi connectivity index (χ4n) is 3.08. The molecule has 0 bridgehead atoms. The lowest BCUT2D eigenvalue weighted by Crippen LogP contribution is -2.29. The normalized spacial score (nSPS) is 17.2. The number of fused-ring (bicyclic) bond motifs is 1. The van der Waals surface area contributed by atoms with Gasteiger partial charge in [0.25, 0.3) is 0 Å². The van der Waals surface area contributed by atoms with Gasteiger partial charge in [-0.25, -0.2) is 4.98 Å². The maximum absolute atomic E-state index is 12.0. The first-order chi connectivity index (χ1) is 12.0. The number of benzene rings is 1. The van der Waals surface area contributed by atoms with Gasteiger partial charge in [0, 0.05) is 31.0 Å². The molecule has 25 heavy (non-hydrogen) atoms. The van der Waals surface area contributed by atoms with Gasteiger partial charge in [-0.2, -0.15) is 4.98 Å². The first-order valence-corrected chi connectivity index (χ1v) is 8.29. The average Bonchev–Trinajstić information content (AvgIpc) is 2.93. The van der Waals surface area contributed by atoms with E-state index in [4.69, 9.17) is 15.2 Å². The molecule has 1 aliphatic rings. The van der Waals surface area contributed by atoms with E-state index in [2.05, 4.69) is 22.2 Å². The number of carbonyl (C=O) groups is 1. The number of nitrogens with one attached hydrogen (secondary N) is 1. The molecule has 1 saturated heterocycles. The Morgan fingerprint density at radius 1 is 1.28 bits per heavy atom. The third kappa shape index (κ3) is 3.38. The molecule has 1 amide bonds. The number of carbonyl (C=O) groups excluding carboxylic acids is 1. The quantitative estimate of drug-likeness (QED) is 0.820. The second-order valence-electron chi connectivity index (χ2n) is 6.04. The molecular formula is C17H23N5O3. The number of nitrogens with zero attached hydrogens (tertiary/aromatic N) is 3. The van der Waals surface area contributed by atoms with Crippen LogP contribution in [-0.2, 0) is 4.79 Å². The molecule has 134 valence electrons. The standard InChI is InChI=1S/C17H23N5O3/c1-4-5-22-9-10(6-15(22)23)19-17-20-12-8-14(25-3)13(24-2)7-11(12)16(18)21-17/h7-8,10H,4-6,9H2,1-3H3,(H3,18,19,20,21). The van der Waals surface area contributed by atoms with Crippen molar-refractivity contribution in [2.75, 3.05) is 38.4 Å². The molecule has 3 rings (SSSR count). The highest BCUT2D eigenvalue weighted by Crippen LogP contribution is 2.33. The van der Waals surface area contributed by atoms with Crippen LogP contribution < -0.4 is 20.5 Å². The van der Waals surface area contributed by atoms with Crippen molar-refractivity contribution >= 4 is 28.6 Å². The Kier molecular flexibility index (Phi) is 4.78. The van der Waals surface area contributed by atoms with Gasteiger partial charge in [0.1, 0.15) is 5.82 Å². The van der Waals surface area contributed by atoms with Gasteiger partial charge in [0.2, 0.25) is 11.9 Å². The van der Waals surface area contributed by atoms with E-state index in [9.17, 15) is 4.79 Å². The van der Waals surface area contributed by atoms with Gasteiger partial charge >= 0.3 is 0 Å². The average molecular weight is 345 g/mol. The van der Waals surface area contributed by atoms with Crippen molar-refractivity contribution in [1.29, 1.82) is 0 Å². The highest BCUT2D eigenvalue weighted by molar-refractivity contribution is 5.91. The highest BCUT2D eigenvalue weighted by atomic mass is 16.5. The fourth-order valence-corrected chi connectivity index (χ4v) is 3.08. The van der Waals surface area contributed by atoms with Crippen LogP contribution >= 0.6 is 0 Å². The molecule has 0 saturated carbocycles. The Morgan fingerprint density at radius 3 is 2.68 bits per heavy atom. The molecule has 0 radical (unpaired) electrons. The minimum atomic E-state index is -0.0176. The summed E-state index contributed by atoms with van der Waals surface area (Å²) in [7, 11) is 3.13. The van der Waals surface area contributed by atoms with Crippen molar-refractivity contribution in [2.45, 2.75) is 25.8 Å². The monoisotopic (exact) mass is 345 g/mol. The van der Waals surface area contributed by atoms with Crippen LogP contribution in [0.4, 0.5) is 11.8 Å². The maximum atomic E-state index is 12.0. The van der Waals surface area contributed by atoms with E-state index in [1.54, 1.807) is 26.4 Å². The highest BCUT2D eigenvalue weighted by Gasteiger charge is 2.29. The summed E-state index contributed by atoms with van der Waals surface area (Å²) in [5, 5.41) is 3.91. The lowest BCUT2D eigenvalue weighted by molar-refractivity contribution is -0.127. The van der Waals surface area contributed by atoms with E-state index in [1.807, 2.05) is 4.90 Å². The van der Waals surface area contributed by atoms with Crippen molar-refractivity contribution in [3.8, 4) is 11.5 Å². The number of anilines is 2. The molecule has 1 unspecified atom stereocenters. The van der Waals surface area contributed by atoms with Crippen LogP contribution in [0.5, 0.6) is 11.5 Å². The van der Waals surface area contributed by atoms with Crippen LogP contribution in [0.3, 0.4) is 0 Å². The number of methoxy groups -OCH3 is 2. The van der Waals surface area contributed by atoms with Crippen molar-refractivity contribution in [3.05, 3.63) is 12.1 Å². The molecule has 2 heterocycles. The largest absolute Gasteiger partial charge is 0.493 e. The molecule has 1 atom stereocenters. The van der Waals surface area contributed by atoms with Crippen LogP contribution in [0.15, 0.2) is 12.1 Å². The van der Waals surface area contributed by atoms with E-state index in [-0.39, 0.29) is 11.9 Å². The Balaban J connectivity index is 1.87. The zero-order valence-electron chi connectivity index (χ0n) is 14.7. The molecule has 0 aliphatic carbocycles. The Hall–Kier alpha value is -2.77. The summed E-state index contributed by atoms with van der Waals surface area (Å²) in [6.45, 7) is 3.48. The van der Waals surface area contributed by atoms with Gasteiger partial charge in [-0.3, -0.25) is 4.79 Å². The number of hydrogen-bond donors (Lipinski definition) is 2. The molecule has 8 heteroatoms. The van der Waals surface area contributed by atoms with Crippen LogP contribution in [0.2, 0.25) is 0 Å².